The molecule has 40 heavy (non-hydrogen) atoms. The molecule has 0 aliphatic carbocycles. The van der Waals surface area contributed by atoms with Gasteiger partial charge in [0.2, 0.25) is 0 Å². The summed E-state index contributed by atoms with van der Waals surface area (Å²) in [5.74, 6) is 0.570. The maximum Gasteiger partial charge on any atom is 0.269 e. The number of nitriles is 1. The Morgan fingerprint density at radius 1 is 0.900 bits per heavy atom. The topological polar surface area (TPSA) is 114 Å². The van der Waals surface area contributed by atoms with Crippen molar-refractivity contribution in [2.75, 3.05) is 5.32 Å². The van der Waals surface area contributed by atoms with Crippen LogP contribution in [0.5, 0.6) is 11.5 Å². The van der Waals surface area contributed by atoms with Crippen LogP contribution in [0.25, 0.3) is 6.08 Å². The van der Waals surface area contributed by atoms with Gasteiger partial charge in [0.1, 0.15) is 36.4 Å². The lowest BCUT2D eigenvalue weighted by atomic mass is 10.1. The number of nitro groups is 1. The molecular weight excluding hydrogens is 642 g/mol. The molecule has 0 unspecified atom stereocenters. The fraction of sp³-hybridized carbons (Fsp3) is 0.0667. The Morgan fingerprint density at radius 3 is 2.20 bits per heavy atom. The monoisotopic (exact) mass is 661 g/mol. The number of carbonyl (C=O) groups is 1. The smallest absolute Gasteiger partial charge is 0.269 e. The third kappa shape index (κ3) is 7.79. The Labute approximate surface area is 247 Å². The summed E-state index contributed by atoms with van der Waals surface area (Å²) < 4.78 is 12.8. The number of carbonyl (C=O) groups excluding carboxylic acids is 1. The fourth-order valence-corrected chi connectivity index (χ4v) is 5.06. The van der Waals surface area contributed by atoms with E-state index in [2.05, 4.69) is 37.2 Å². The number of anilines is 1. The summed E-state index contributed by atoms with van der Waals surface area (Å²) in [6, 6.07) is 28.2. The Bertz CT molecular complexity index is 1580. The van der Waals surface area contributed by atoms with Gasteiger partial charge in [-0.05, 0) is 91.0 Å². The van der Waals surface area contributed by atoms with Gasteiger partial charge in [-0.1, -0.05) is 42.5 Å². The average Bonchev–Trinajstić information content (AvgIpc) is 2.95. The van der Waals surface area contributed by atoms with Crippen LogP contribution in [-0.2, 0) is 18.0 Å². The molecule has 0 heterocycles. The van der Waals surface area contributed by atoms with Gasteiger partial charge in [0.05, 0.1) is 13.9 Å². The van der Waals surface area contributed by atoms with Gasteiger partial charge in [-0.25, -0.2) is 0 Å². The molecule has 0 atom stereocenters. The number of hydrogen-bond donors (Lipinski definition) is 1. The number of ether oxygens (including phenoxy) is 2. The number of non-ortho nitro benzene ring substituents is 1. The number of benzene rings is 4. The first-order valence-corrected chi connectivity index (χ1v) is 13.5. The summed E-state index contributed by atoms with van der Waals surface area (Å²) in [6.45, 7) is 0.535. The quantitative estimate of drug-likeness (QED) is 0.0801. The normalized spacial score (nSPS) is 10.9. The molecule has 0 saturated carbocycles. The Balaban J connectivity index is 1.40. The maximum atomic E-state index is 12.8. The van der Waals surface area contributed by atoms with E-state index >= 15 is 0 Å². The molecule has 0 saturated heterocycles. The highest BCUT2D eigenvalue weighted by Crippen LogP contribution is 2.36. The zero-order valence-corrected chi connectivity index (χ0v) is 24.0. The second-order valence-electron chi connectivity index (χ2n) is 8.45. The van der Waals surface area contributed by atoms with Gasteiger partial charge in [0.15, 0.2) is 0 Å². The molecule has 10 heteroatoms. The first kappa shape index (κ1) is 28.5. The molecular formula is C30H21Br2N3O5. The lowest BCUT2D eigenvalue weighted by Gasteiger charge is -2.12. The van der Waals surface area contributed by atoms with Crippen LogP contribution in [0.3, 0.4) is 0 Å². The molecule has 0 bridgehead atoms. The summed E-state index contributed by atoms with van der Waals surface area (Å²) in [5, 5.41) is 23.4. The van der Waals surface area contributed by atoms with Gasteiger partial charge >= 0.3 is 0 Å². The summed E-state index contributed by atoms with van der Waals surface area (Å²) in [7, 11) is 0. The van der Waals surface area contributed by atoms with Crippen molar-refractivity contribution in [1.82, 2.24) is 0 Å². The largest absolute Gasteiger partial charge is 0.489 e. The van der Waals surface area contributed by atoms with Gasteiger partial charge in [-0.2, -0.15) is 5.26 Å². The number of nitrogens with one attached hydrogen (secondary N) is 1. The van der Waals surface area contributed by atoms with E-state index < -0.39 is 10.8 Å². The summed E-state index contributed by atoms with van der Waals surface area (Å²) >= 11 is 6.92. The number of hydrogen-bond acceptors (Lipinski definition) is 6. The van der Waals surface area contributed by atoms with Crippen LogP contribution in [0, 0.1) is 21.4 Å². The molecule has 8 nitrogen and oxygen atoms in total. The Morgan fingerprint density at radius 2 is 1.55 bits per heavy atom. The highest BCUT2D eigenvalue weighted by atomic mass is 79.9. The third-order valence-electron chi connectivity index (χ3n) is 5.56. The van der Waals surface area contributed by atoms with Gasteiger partial charge < -0.3 is 14.8 Å². The van der Waals surface area contributed by atoms with Gasteiger partial charge in [0, 0.05) is 17.8 Å². The van der Waals surface area contributed by atoms with E-state index in [9.17, 15) is 20.2 Å². The third-order valence-corrected chi connectivity index (χ3v) is 6.74. The maximum absolute atomic E-state index is 12.8. The van der Waals surface area contributed by atoms with E-state index in [0.717, 1.165) is 5.56 Å². The van der Waals surface area contributed by atoms with Crippen LogP contribution in [0.4, 0.5) is 11.4 Å². The SMILES string of the molecule is N#C/C(=C\c1cc(Br)c(OCc2cccc([N+](=O)[O-])c2)c(Br)c1)C(=O)Nc1ccc(OCc2ccccc2)cc1. The van der Waals surface area contributed by atoms with Crippen LogP contribution in [0.15, 0.2) is 106 Å². The number of amides is 1. The molecule has 4 rings (SSSR count). The first-order chi connectivity index (χ1) is 19.3. The van der Waals surface area contributed by atoms with E-state index in [-0.39, 0.29) is 17.9 Å². The summed E-state index contributed by atoms with van der Waals surface area (Å²) in [4.78, 5) is 23.3. The molecule has 0 aliphatic heterocycles. The van der Waals surface area contributed by atoms with Crippen molar-refractivity contribution in [2.45, 2.75) is 13.2 Å². The van der Waals surface area contributed by atoms with Gasteiger partial charge in [-0.3, -0.25) is 14.9 Å². The van der Waals surface area contributed by atoms with Crippen molar-refractivity contribution in [3.63, 3.8) is 0 Å². The van der Waals surface area contributed by atoms with E-state index in [1.807, 2.05) is 36.4 Å². The number of nitro benzene ring substituents is 1. The number of nitrogens with zero attached hydrogens (tertiary/aromatic N) is 2. The van der Waals surface area contributed by atoms with Crippen molar-refractivity contribution >= 4 is 55.2 Å². The van der Waals surface area contributed by atoms with Gasteiger partial charge in [-0.15, -0.1) is 0 Å². The summed E-state index contributed by atoms with van der Waals surface area (Å²) in [5.41, 5.74) is 2.67. The fourth-order valence-electron chi connectivity index (χ4n) is 3.61. The molecule has 1 N–H and O–H groups in total. The zero-order valence-electron chi connectivity index (χ0n) is 20.8. The van der Waals surface area contributed by atoms with Crippen molar-refractivity contribution in [3.8, 4) is 17.6 Å². The molecule has 1 amide bonds. The van der Waals surface area contributed by atoms with E-state index in [1.165, 1.54) is 18.2 Å². The Hall–Kier alpha value is -4.46. The second kappa shape index (κ2) is 13.6. The second-order valence-corrected chi connectivity index (χ2v) is 10.2. The van der Waals surface area contributed by atoms with E-state index in [4.69, 9.17) is 9.47 Å². The molecule has 0 fully saturated rings. The minimum atomic E-state index is -0.557. The molecule has 0 radical (unpaired) electrons. The minimum Gasteiger partial charge on any atom is -0.489 e. The van der Waals surface area contributed by atoms with Crippen LogP contribution < -0.4 is 14.8 Å². The zero-order chi connectivity index (χ0) is 28.5. The highest BCUT2D eigenvalue weighted by molar-refractivity contribution is 9.11. The predicted molar refractivity (Wildman–Crippen MR) is 159 cm³/mol. The highest BCUT2D eigenvalue weighted by Gasteiger charge is 2.14. The van der Waals surface area contributed by atoms with Crippen LogP contribution in [0.2, 0.25) is 0 Å². The molecule has 0 aromatic heterocycles. The van der Waals surface area contributed by atoms with Crippen LogP contribution in [-0.4, -0.2) is 10.8 Å². The molecule has 4 aromatic rings. The van der Waals surface area contributed by atoms with E-state index in [1.54, 1.807) is 48.5 Å². The first-order valence-electron chi connectivity index (χ1n) is 11.9. The minimum absolute atomic E-state index is 0.0191. The lowest BCUT2D eigenvalue weighted by Crippen LogP contribution is -2.13. The average molecular weight is 663 g/mol. The van der Waals surface area contributed by atoms with Crippen LogP contribution in [0.1, 0.15) is 16.7 Å². The van der Waals surface area contributed by atoms with Gasteiger partial charge in [0.25, 0.3) is 11.6 Å². The van der Waals surface area contributed by atoms with E-state index in [0.29, 0.717) is 43.9 Å². The molecule has 200 valence electrons. The van der Waals surface area contributed by atoms with Crippen LogP contribution >= 0.6 is 31.9 Å². The molecule has 0 aliphatic rings. The standard InChI is InChI=1S/C30H21Br2N3O5/c31-27-15-22(16-28(32)29(27)40-19-21-7-4-8-25(14-21)35(37)38)13-23(17-33)30(36)34-24-9-11-26(12-10-24)39-18-20-5-2-1-3-6-20/h1-16H,18-19H2,(H,34,36)/b23-13+. The van der Waals surface area contributed by atoms with Crippen molar-refractivity contribution < 1.29 is 19.2 Å². The molecule has 4 aromatic carbocycles. The Kier molecular flexibility index (Phi) is 9.67. The van der Waals surface area contributed by atoms with Crippen molar-refractivity contribution in [1.29, 1.82) is 5.26 Å². The molecule has 0 spiro atoms. The number of rotatable bonds is 10. The summed E-state index contributed by atoms with van der Waals surface area (Å²) in [6.07, 6.45) is 1.46. The number of halogens is 2. The lowest BCUT2D eigenvalue weighted by molar-refractivity contribution is -0.384. The van der Waals surface area contributed by atoms with Crippen molar-refractivity contribution in [2.24, 2.45) is 0 Å². The predicted octanol–water partition coefficient (Wildman–Crippen LogP) is 7.82. The van der Waals surface area contributed by atoms with Crippen molar-refractivity contribution in [3.05, 3.63) is 132 Å².